The average Bonchev–Trinajstić information content (AvgIpc) is 3.24. The molecular formula is C26H33FN6O4. The molecule has 2 amide bonds. The van der Waals surface area contributed by atoms with Gasteiger partial charge in [0.15, 0.2) is 5.65 Å². The van der Waals surface area contributed by atoms with Gasteiger partial charge in [0.2, 0.25) is 0 Å². The molecule has 1 aliphatic heterocycles. The maximum absolute atomic E-state index is 14.1. The minimum Gasteiger partial charge on any atom is -0.383 e. The van der Waals surface area contributed by atoms with Crippen LogP contribution in [-0.4, -0.2) is 63.0 Å². The number of methoxy groups -OCH3 is 1. The fourth-order valence-corrected chi connectivity index (χ4v) is 5.60. The molecule has 0 radical (unpaired) electrons. The lowest BCUT2D eigenvalue weighted by Crippen LogP contribution is -2.43. The number of urea groups is 1. The molecule has 2 atom stereocenters. The molecule has 3 aromatic heterocycles. The molecule has 198 valence electrons. The summed E-state index contributed by atoms with van der Waals surface area (Å²) < 4.78 is 22.5. The molecular weight excluding hydrogens is 479 g/mol. The summed E-state index contributed by atoms with van der Waals surface area (Å²) >= 11 is 0. The van der Waals surface area contributed by atoms with Crippen molar-refractivity contribution in [2.45, 2.75) is 63.2 Å². The van der Waals surface area contributed by atoms with E-state index in [1.165, 1.54) is 0 Å². The van der Waals surface area contributed by atoms with E-state index >= 15 is 0 Å². The minimum absolute atomic E-state index is 0.00789. The minimum atomic E-state index is -0.849. The van der Waals surface area contributed by atoms with Crippen LogP contribution in [0, 0.1) is 0 Å². The summed E-state index contributed by atoms with van der Waals surface area (Å²) in [6, 6.07) is 4.95. The molecule has 1 saturated carbocycles. The fourth-order valence-electron chi connectivity index (χ4n) is 5.60. The van der Waals surface area contributed by atoms with Crippen molar-refractivity contribution in [1.29, 1.82) is 0 Å². The molecule has 2 fully saturated rings. The number of anilines is 1. The molecule has 3 aromatic rings. The summed E-state index contributed by atoms with van der Waals surface area (Å²) in [5.74, 6) is 0.00789. The Morgan fingerprint density at radius 3 is 2.81 bits per heavy atom. The van der Waals surface area contributed by atoms with Crippen LogP contribution in [0.2, 0.25) is 0 Å². The van der Waals surface area contributed by atoms with E-state index in [1.807, 2.05) is 6.07 Å². The van der Waals surface area contributed by atoms with Crippen LogP contribution in [0.25, 0.3) is 11.2 Å². The molecule has 2 N–H and O–H groups in total. The number of piperidine rings is 1. The summed E-state index contributed by atoms with van der Waals surface area (Å²) in [6.07, 6.45) is 6.42. The van der Waals surface area contributed by atoms with Gasteiger partial charge >= 0.3 is 11.7 Å². The van der Waals surface area contributed by atoms with E-state index in [0.29, 0.717) is 57.6 Å². The highest BCUT2D eigenvalue weighted by Crippen LogP contribution is 2.34. The Labute approximate surface area is 213 Å². The van der Waals surface area contributed by atoms with E-state index in [2.05, 4.69) is 15.3 Å². The molecule has 0 bridgehead atoms. The van der Waals surface area contributed by atoms with E-state index in [9.17, 15) is 18.8 Å². The van der Waals surface area contributed by atoms with Gasteiger partial charge in [-0.2, -0.15) is 0 Å². The SMILES string of the molecule is COCCn1cc(C2CCC[C@H](F)C2)cc(NC(=O)N2CCC(n3c(=O)[nH]c4ncccc43)CC2)c1=O. The molecule has 37 heavy (non-hydrogen) atoms. The Bertz CT molecular complexity index is 1370. The molecule has 0 spiro atoms. The molecule has 1 unspecified atom stereocenters. The Balaban J connectivity index is 1.31. The zero-order valence-corrected chi connectivity index (χ0v) is 21.0. The van der Waals surface area contributed by atoms with Gasteiger partial charge in [0.1, 0.15) is 11.9 Å². The quantitative estimate of drug-likeness (QED) is 0.526. The maximum atomic E-state index is 14.1. The van der Waals surface area contributed by atoms with Crippen molar-refractivity contribution in [2.24, 2.45) is 0 Å². The van der Waals surface area contributed by atoms with Crippen molar-refractivity contribution >= 4 is 22.9 Å². The molecule has 1 aliphatic carbocycles. The van der Waals surface area contributed by atoms with Crippen LogP contribution in [0.5, 0.6) is 0 Å². The van der Waals surface area contributed by atoms with Gasteiger partial charge in [-0.1, -0.05) is 0 Å². The number of hydrogen-bond donors (Lipinski definition) is 2. The van der Waals surface area contributed by atoms with E-state index in [4.69, 9.17) is 4.74 Å². The molecule has 4 heterocycles. The van der Waals surface area contributed by atoms with Gasteiger partial charge in [0, 0.05) is 45.2 Å². The van der Waals surface area contributed by atoms with Gasteiger partial charge in [0.05, 0.1) is 12.1 Å². The van der Waals surface area contributed by atoms with Gasteiger partial charge in [-0.05, 0) is 68.2 Å². The highest BCUT2D eigenvalue weighted by atomic mass is 19.1. The Morgan fingerprint density at radius 1 is 1.24 bits per heavy atom. The Hall–Kier alpha value is -3.47. The molecule has 2 aliphatic rings. The first-order chi connectivity index (χ1) is 17.9. The number of ether oxygens (including phenoxy) is 1. The summed E-state index contributed by atoms with van der Waals surface area (Å²) in [6.45, 7) is 1.58. The predicted molar refractivity (Wildman–Crippen MR) is 138 cm³/mol. The van der Waals surface area contributed by atoms with Gasteiger partial charge in [-0.25, -0.2) is 19.0 Å². The second kappa shape index (κ2) is 10.9. The number of carbonyl (C=O) groups is 1. The third kappa shape index (κ3) is 5.31. The molecule has 5 rings (SSSR count). The van der Waals surface area contributed by atoms with Crippen molar-refractivity contribution in [2.75, 3.05) is 32.1 Å². The number of amides is 2. The number of alkyl halides is 1. The number of carbonyl (C=O) groups excluding carboxylic acids is 1. The lowest BCUT2D eigenvalue weighted by molar-refractivity contribution is 0.183. The zero-order chi connectivity index (χ0) is 25.9. The molecule has 10 nitrogen and oxygen atoms in total. The van der Waals surface area contributed by atoms with Crippen molar-refractivity contribution in [3.8, 4) is 0 Å². The van der Waals surface area contributed by atoms with E-state index in [0.717, 1.165) is 23.9 Å². The monoisotopic (exact) mass is 512 g/mol. The highest BCUT2D eigenvalue weighted by molar-refractivity contribution is 5.89. The summed E-state index contributed by atoms with van der Waals surface area (Å²) in [4.78, 5) is 47.5. The zero-order valence-electron chi connectivity index (χ0n) is 21.0. The first-order valence-corrected chi connectivity index (χ1v) is 12.9. The second-order valence-corrected chi connectivity index (χ2v) is 9.96. The number of aromatic nitrogens is 4. The van der Waals surface area contributed by atoms with Crippen molar-refractivity contribution in [3.63, 3.8) is 0 Å². The third-order valence-electron chi connectivity index (χ3n) is 7.57. The van der Waals surface area contributed by atoms with Crippen LogP contribution in [0.15, 0.2) is 40.2 Å². The molecule has 11 heteroatoms. The molecule has 1 saturated heterocycles. The maximum Gasteiger partial charge on any atom is 0.327 e. The second-order valence-electron chi connectivity index (χ2n) is 9.96. The smallest absolute Gasteiger partial charge is 0.327 e. The van der Waals surface area contributed by atoms with Gasteiger partial charge in [-0.15, -0.1) is 0 Å². The lowest BCUT2D eigenvalue weighted by Gasteiger charge is -2.32. The number of H-pyrrole nitrogens is 1. The van der Waals surface area contributed by atoms with Crippen LogP contribution >= 0.6 is 0 Å². The number of halogens is 1. The van der Waals surface area contributed by atoms with Crippen LogP contribution in [-0.2, 0) is 11.3 Å². The highest BCUT2D eigenvalue weighted by Gasteiger charge is 2.28. The van der Waals surface area contributed by atoms with Gasteiger partial charge in [0.25, 0.3) is 5.56 Å². The number of rotatable bonds is 6. The third-order valence-corrected chi connectivity index (χ3v) is 7.57. The number of likely N-dealkylation sites (tertiary alicyclic amines) is 1. The number of aromatic amines is 1. The number of fused-ring (bicyclic) bond motifs is 1. The number of nitrogens with zero attached hydrogens (tertiary/aromatic N) is 4. The number of nitrogens with one attached hydrogen (secondary N) is 2. The van der Waals surface area contributed by atoms with Crippen LogP contribution < -0.4 is 16.6 Å². The van der Waals surface area contributed by atoms with Crippen LogP contribution in [0.3, 0.4) is 0 Å². The fraction of sp³-hybridized carbons (Fsp3) is 0.538. The van der Waals surface area contributed by atoms with Crippen LogP contribution in [0.4, 0.5) is 14.9 Å². The lowest BCUT2D eigenvalue weighted by atomic mass is 9.83. The number of imidazole rings is 1. The average molecular weight is 513 g/mol. The van der Waals surface area contributed by atoms with Crippen molar-refractivity contribution < 1.29 is 13.9 Å². The summed E-state index contributed by atoms with van der Waals surface area (Å²) in [5.41, 5.74) is 1.84. The van der Waals surface area contributed by atoms with Gasteiger partial charge < -0.3 is 19.5 Å². The largest absolute Gasteiger partial charge is 0.383 e. The van der Waals surface area contributed by atoms with E-state index in [1.54, 1.807) is 45.7 Å². The predicted octanol–water partition coefficient (Wildman–Crippen LogP) is 3.40. The normalized spacial score (nSPS) is 20.9. The molecule has 0 aromatic carbocycles. The summed E-state index contributed by atoms with van der Waals surface area (Å²) in [7, 11) is 1.57. The first-order valence-electron chi connectivity index (χ1n) is 12.9. The Morgan fingerprint density at radius 2 is 2.05 bits per heavy atom. The number of hydrogen-bond acceptors (Lipinski definition) is 5. The van der Waals surface area contributed by atoms with E-state index in [-0.39, 0.29) is 34.9 Å². The van der Waals surface area contributed by atoms with Crippen LogP contribution in [0.1, 0.15) is 56.0 Å². The van der Waals surface area contributed by atoms with Gasteiger partial charge in [-0.3, -0.25) is 14.3 Å². The van der Waals surface area contributed by atoms with E-state index < -0.39 is 6.17 Å². The Kier molecular flexibility index (Phi) is 7.40. The standard InChI is InChI=1S/C26H33FN6O4/c1-37-13-12-32-16-18(17-4-2-5-19(27)14-17)15-21(24(32)34)29-25(35)31-10-7-20(8-11-31)33-22-6-3-9-28-23(22)30-26(33)36/h3,6,9,15-17,19-20H,2,4-5,7-8,10-14H2,1H3,(H,29,35)(H,28,30,36)/t17?,19-/m0/s1. The topological polar surface area (TPSA) is 114 Å². The van der Waals surface area contributed by atoms with Crippen molar-refractivity contribution in [1.82, 2.24) is 24.0 Å². The number of pyridine rings is 2. The first kappa shape index (κ1) is 25.2. The van der Waals surface area contributed by atoms with Crippen molar-refractivity contribution in [3.05, 3.63) is 57.0 Å². The summed E-state index contributed by atoms with van der Waals surface area (Å²) in [5, 5.41) is 2.81.